The van der Waals surface area contributed by atoms with E-state index in [0.717, 1.165) is 49.2 Å². The lowest BCUT2D eigenvalue weighted by Gasteiger charge is -2.34. The number of piperazine rings is 1. The second-order valence-electron chi connectivity index (χ2n) is 6.07. The first kappa shape index (κ1) is 16.9. The molecular weight excluding hydrogens is 324 g/mol. The van der Waals surface area contributed by atoms with Gasteiger partial charge in [0.05, 0.1) is 46.0 Å². The average molecular weight is 348 g/mol. The summed E-state index contributed by atoms with van der Waals surface area (Å²) in [5.41, 5.74) is 2.41. The van der Waals surface area contributed by atoms with E-state index in [1.54, 1.807) is 19.1 Å². The van der Waals surface area contributed by atoms with Crippen LogP contribution in [-0.2, 0) is 6.54 Å². The van der Waals surface area contributed by atoms with Crippen molar-refractivity contribution in [3.05, 3.63) is 53.1 Å². The third kappa shape index (κ3) is 3.94. The van der Waals surface area contributed by atoms with Crippen LogP contribution in [0.3, 0.4) is 0 Å². The Labute approximate surface area is 148 Å². The van der Waals surface area contributed by atoms with Crippen molar-refractivity contribution in [3.63, 3.8) is 0 Å². The monoisotopic (exact) mass is 347 g/mol. The molecule has 24 heavy (non-hydrogen) atoms. The Bertz CT molecular complexity index is 685. The first-order valence-corrected chi connectivity index (χ1v) is 8.62. The summed E-state index contributed by atoms with van der Waals surface area (Å²) < 4.78 is 10.8. The van der Waals surface area contributed by atoms with E-state index >= 15 is 0 Å². The molecule has 0 bridgehead atoms. The molecule has 1 aliphatic heterocycles. The van der Waals surface area contributed by atoms with Gasteiger partial charge in [-0.05, 0) is 36.4 Å². The Kier molecular flexibility index (Phi) is 5.48. The van der Waals surface area contributed by atoms with E-state index in [-0.39, 0.29) is 0 Å². The Morgan fingerprint density at radius 1 is 1.04 bits per heavy atom. The van der Waals surface area contributed by atoms with Crippen molar-refractivity contribution < 1.29 is 14.4 Å². The molecule has 128 valence electrons. The highest BCUT2D eigenvalue weighted by Crippen LogP contribution is 2.23. The van der Waals surface area contributed by atoms with Crippen LogP contribution < -0.4 is 19.3 Å². The van der Waals surface area contributed by atoms with Gasteiger partial charge in [0.15, 0.2) is 0 Å². The van der Waals surface area contributed by atoms with Gasteiger partial charge >= 0.3 is 0 Å². The van der Waals surface area contributed by atoms with E-state index in [4.69, 9.17) is 21.1 Å². The summed E-state index contributed by atoms with van der Waals surface area (Å²) in [6.07, 6.45) is 0. The molecule has 0 atom stereocenters. The van der Waals surface area contributed by atoms with Gasteiger partial charge < -0.3 is 19.3 Å². The number of nitrogens with one attached hydrogen (secondary N) is 1. The van der Waals surface area contributed by atoms with Crippen LogP contribution in [0.5, 0.6) is 11.5 Å². The molecule has 1 fully saturated rings. The van der Waals surface area contributed by atoms with Crippen LogP contribution in [0.25, 0.3) is 0 Å². The fourth-order valence-electron chi connectivity index (χ4n) is 3.22. The number of rotatable bonds is 5. The highest BCUT2D eigenvalue weighted by Gasteiger charge is 2.22. The minimum atomic E-state index is 0.795. The molecule has 0 spiro atoms. The fourth-order valence-corrected chi connectivity index (χ4v) is 3.40. The second kappa shape index (κ2) is 7.77. The van der Waals surface area contributed by atoms with E-state index in [1.165, 1.54) is 11.3 Å². The molecule has 1 heterocycles. The van der Waals surface area contributed by atoms with Crippen LogP contribution in [0.2, 0.25) is 5.02 Å². The van der Waals surface area contributed by atoms with Crippen LogP contribution in [0.15, 0.2) is 42.5 Å². The zero-order chi connectivity index (χ0) is 16.9. The number of halogens is 1. The maximum Gasteiger partial charge on any atom is 0.127 e. The van der Waals surface area contributed by atoms with Crippen molar-refractivity contribution in [1.29, 1.82) is 0 Å². The molecule has 1 aliphatic rings. The highest BCUT2D eigenvalue weighted by molar-refractivity contribution is 6.30. The molecule has 3 rings (SSSR count). The van der Waals surface area contributed by atoms with Gasteiger partial charge in [-0.3, -0.25) is 0 Å². The summed E-state index contributed by atoms with van der Waals surface area (Å²) in [6.45, 7) is 5.19. The van der Waals surface area contributed by atoms with E-state index in [2.05, 4.69) is 17.0 Å². The normalized spacial score (nSPS) is 15.4. The lowest BCUT2D eigenvalue weighted by molar-refractivity contribution is -0.914. The van der Waals surface area contributed by atoms with Crippen molar-refractivity contribution in [2.75, 3.05) is 45.3 Å². The molecule has 0 amide bonds. The summed E-state index contributed by atoms with van der Waals surface area (Å²) >= 11 is 6.10. The fraction of sp³-hybridized carbons (Fsp3) is 0.368. The van der Waals surface area contributed by atoms with Crippen LogP contribution in [0.4, 0.5) is 5.69 Å². The number of methoxy groups -OCH3 is 2. The molecule has 0 radical (unpaired) electrons. The summed E-state index contributed by atoms with van der Waals surface area (Å²) in [4.78, 5) is 3.96. The van der Waals surface area contributed by atoms with E-state index < -0.39 is 0 Å². The molecule has 0 aliphatic carbocycles. The molecule has 0 saturated carbocycles. The number of benzene rings is 2. The molecule has 1 N–H and O–H groups in total. The van der Waals surface area contributed by atoms with Gasteiger partial charge in [0.25, 0.3) is 0 Å². The van der Waals surface area contributed by atoms with E-state index in [9.17, 15) is 0 Å². The van der Waals surface area contributed by atoms with Gasteiger partial charge in [0.2, 0.25) is 0 Å². The maximum absolute atomic E-state index is 6.10. The molecule has 5 heteroatoms. The number of quaternary nitrogens is 1. The Hall–Kier alpha value is -1.91. The van der Waals surface area contributed by atoms with E-state index in [0.29, 0.717) is 0 Å². The highest BCUT2D eigenvalue weighted by atomic mass is 35.5. The van der Waals surface area contributed by atoms with Crippen molar-refractivity contribution in [2.24, 2.45) is 0 Å². The first-order chi connectivity index (χ1) is 11.7. The van der Waals surface area contributed by atoms with Crippen LogP contribution in [0, 0.1) is 0 Å². The molecule has 0 aromatic heterocycles. The maximum atomic E-state index is 6.10. The van der Waals surface area contributed by atoms with Gasteiger partial charge in [0, 0.05) is 10.7 Å². The van der Waals surface area contributed by atoms with Gasteiger partial charge in [-0.25, -0.2) is 0 Å². The standard InChI is InChI=1S/C19H23ClN2O2/c1-23-18-6-7-19(24-2)15(12-18)14-21-8-10-22(11-9-21)17-5-3-4-16(20)13-17/h3-7,12-13H,8-11,14H2,1-2H3/p+1. The van der Waals surface area contributed by atoms with Crippen molar-refractivity contribution >= 4 is 17.3 Å². The Morgan fingerprint density at radius 3 is 2.50 bits per heavy atom. The van der Waals surface area contributed by atoms with Crippen LogP contribution in [0.1, 0.15) is 5.56 Å². The summed E-state index contributed by atoms with van der Waals surface area (Å²) in [5.74, 6) is 1.81. The van der Waals surface area contributed by atoms with Gasteiger partial charge in [-0.1, -0.05) is 17.7 Å². The van der Waals surface area contributed by atoms with E-state index in [1.807, 2.05) is 30.3 Å². The second-order valence-corrected chi connectivity index (χ2v) is 6.51. The molecule has 2 aromatic carbocycles. The average Bonchev–Trinajstić information content (AvgIpc) is 2.62. The number of anilines is 1. The van der Waals surface area contributed by atoms with Gasteiger partial charge in [-0.15, -0.1) is 0 Å². The van der Waals surface area contributed by atoms with Crippen molar-refractivity contribution in [1.82, 2.24) is 0 Å². The van der Waals surface area contributed by atoms with Crippen LogP contribution in [-0.4, -0.2) is 40.4 Å². The number of hydrogen-bond acceptors (Lipinski definition) is 3. The lowest BCUT2D eigenvalue weighted by Crippen LogP contribution is -3.13. The number of hydrogen-bond donors (Lipinski definition) is 1. The molecule has 4 nitrogen and oxygen atoms in total. The van der Waals surface area contributed by atoms with Crippen molar-refractivity contribution in [3.8, 4) is 11.5 Å². The van der Waals surface area contributed by atoms with Crippen LogP contribution >= 0.6 is 11.6 Å². The largest absolute Gasteiger partial charge is 0.497 e. The number of ether oxygens (including phenoxy) is 2. The zero-order valence-electron chi connectivity index (χ0n) is 14.2. The van der Waals surface area contributed by atoms with Gasteiger partial charge in [-0.2, -0.15) is 0 Å². The molecule has 1 saturated heterocycles. The predicted octanol–water partition coefficient (Wildman–Crippen LogP) is 2.26. The number of nitrogens with zero attached hydrogens (tertiary/aromatic N) is 1. The summed E-state index contributed by atoms with van der Waals surface area (Å²) in [6, 6.07) is 14.1. The summed E-state index contributed by atoms with van der Waals surface area (Å²) in [7, 11) is 3.42. The molecular formula is C19H24ClN2O2+. The molecule has 2 aromatic rings. The minimum absolute atomic E-state index is 0.795. The Morgan fingerprint density at radius 2 is 1.83 bits per heavy atom. The smallest absolute Gasteiger partial charge is 0.127 e. The summed E-state index contributed by atoms with van der Waals surface area (Å²) in [5, 5.41) is 0.795. The molecule has 0 unspecified atom stereocenters. The SMILES string of the molecule is COc1ccc(OC)c(C[NH+]2CCN(c3cccc(Cl)c3)CC2)c1. The zero-order valence-corrected chi connectivity index (χ0v) is 15.0. The topological polar surface area (TPSA) is 26.1 Å². The van der Waals surface area contributed by atoms with Crippen molar-refractivity contribution in [2.45, 2.75) is 6.54 Å². The Balaban J connectivity index is 1.63. The minimum Gasteiger partial charge on any atom is -0.497 e. The first-order valence-electron chi connectivity index (χ1n) is 8.24. The third-order valence-corrected chi connectivity index (χ3v) is 4.81. The van der Waals surface area contributed by atoms with Gasteiger partial charge in [0.1, 0.15) is 18.0 Å². The quantitative estimate of drug-likeness (QED) is 0.898. The predicted molar refractivity (Wildman–Crippen MR) is 97.6 cm³/mol. The third-order valence-electron chi connectivity index (χ3n) is 4.57. The lowest BCUT2D eigenvalue weighted by atomic mass is 10.1.